The summed E-state index contributed by atoms with van der Waals surface area (Å²) in [7, 11) is 1.68. The van der Waals surface area contributed by atoms with Crippen molar-refractivity contribution in [2.45, 2.75) is 64.5 Å². The fraction of sp³-hybridized carbons (Fsp3) is 0.517. The first-order valence-corrected chi connectivity index (χ1v) is 12.6. The number of carbonyl (C=O) groups excluding carboxylic acids is 1. The maximum Gasteiger partial charge on any atom is 0.262 e. The Labute approximate surface area is 209 Å². The van der Waals surface area contributed by atoms with Gasteiger partial charge in [0.15, 0.2) is 0 Å². The number of hydrogen-bond acceptors (Lipinski definition) is 5. The zero-order valence-corrected chi connectivity index (χ0v) is 21.6. The Balaban J connectivity index is 1.63. The van der Waals surface area contributed by atoms with Crippen molar-refractivity contribution in [3.05, 3.63) is 47.5 Å². The van der Waals surface area contributed by atoms with E-state index < -0.39 is 5.54 Å². The number of piperidine rings is 1. The van der Waals surface area contributed by atoms with Crippen LogP contribution in [0.15, 0.2) is 42.0 Å². The van der Waals surface area contributed by atoms with Gasteiger partial charge in [0.2, 0.25) is 0 Å². The third-order valence-electron chi connectivity index (χ3n) is 6.56. The summed E-state index contributed by atoms with van der Waals surface area (Å²) in [5, 5.41) is 14.9. The molecule has 6 nitrogen and oxygen atoms in total. The lowest BCUT2D eigenvalue weighted by Gasteiger charge is -2.29. The molecule has 0 bridgehead atoms. The van der Waals surface area contributed by atoms with E-state index in [1.807, 2.05) is 32.9 Å². The highest BCUT2D eigenvalue weighted by Crippen LogP contribution is 2.26. The molecule has 1 heterocycles. The number of carbonyl (C=O) groups is 1. The lowest BCUT2D eigenvalue weighted by Crippen LogP contribution is -2.44. The number of benzene rings is 2. The first kappa shape index (κ1) is 26.7. The zero-order valence-electron chi connectivity index (χ0n) is 21.6. The van der Waals surface area contributed by atoms with Gasteiger partial charge < -0.3 is 19.7 Å². The molecule has 0 aliphatic carbocycles. The maximum absolute atomic E-state index is 12.9. The normalized spacial score (nSPS) is 15.6. The Hall–Kier alpha value is -2.88. The van der Waals surface area contributed by atoms with Gasteiger partial charge in [0, 0.05) is 44.6 Å². The van der Waals surface area contributed by atoms with Crippen molar-refractivity contribution in [3.8, 4) is 6.07 Å². The molecule has 0 spiro atoms. The molecule has 0 radical (unpaired) electrons. The van der Waals surface area contributed by atoms with Gasteiger partial charge in [0.25, 0.3) is 5.91 Å². The van der Waals surface area contributed by atoms with Crippen molar-refractivity contribution in [2.75, 3.05) is 38.3 Å². The van der Waals surface area contributed by atoms with Crippen molar-refractivity contribution in [1.29, 1.82) is 5.26 Å². The maximum atomic E-state index is 12.9. The molecule has 2 aromatic rings. The summed E-state index contributed by atoms with van der Waals surface area (Å²) in [5.41, 5.74) is 1.69. The van der Waals surface area contributed by atoms with Crippen LogP contribution in [-0.4, -0.2) is 51.0 Å². The van der Waals surface area contributed by atoms with Crippen LogP contribution in [0.2, 0.25) is 0 Å². The molecule has 1 atom stereocenters. The van der Waals surface area contributed by atoms with Crippen LogP contribution in [0.3, 0.4) is 0 Å². The van der Waals surface area contributed by atoms with Gasteiger partial charge in [-0.05, 0) is 93.5 Å². The second kappa shape index (κ2) is 12.7. The molecule has 1 aliphatic heterocycles. The summed E-state index contributed by atoms with van der Waals surface area (Å²) in [4.78, 5) is 15.3. The second-order valence-electron chi connectivity index (χ2n) is 10.1. The summed E-state index contributed by atoms with van der Waals surface area (Å²) in [6.07, 6.45) is 7.04. The van der Waals surface area contributed by atoms with Gasteiger partial charge in [-0.15, -0.1) is 0 Å². The van der Waals surface area contributed by atoms with Crippen molar-refractivity contribution < 1.29 is 14.3 Å². The van der Waals surface area contributed by atoms with Crippen molar-refractivity contribution >= 4 is 28.4 Å². The molecule has 0 saturated carbocycles. The Bertz CT molecular complexity index is 1060. The van der Waals surface area contributed by atoms with E-state index >= 15 is 0 Å². The molecule has 3 rings (SSSR count). The number of nitrogens with zero attached hydrogens (tertiary/aromatic N) is 2. The minimum Gasteiger partial charge on any atom is -0.385 e. The zero-order chi connectivity index (χ0) is 25.3. The van der Waals surface area contributed by atoms with Crippen LogP contribution in [0.25, 0.3) is 16.8 Å². The smallest absolute Gasteiger partial charge is 0.262 e. The monoisotopic (exact) mass is 477 g/mol. The van der Waals surface area contributed by atoms with Crippen molar-refractivity contribution in [2.24, 2.45) is 0 Å². The molecular weight excluding hydrogens is 438 g/mol. The molecule has 1 saturated heterocycles. The molecule has 188 valence electrons. The van der Waals surface area contributed by atoms with Crippen molar-refractivity contribution in [1.82, 2.24) is 5.32 Å². The van der Waals surface area contributed by atoms with Gasteiger partial charge in [-0.3, -0.25) is 4.79 Å². The highest BCUT2D eigenvalue weighted by molar-refractivity contribution is 6.02. The molecule has 1 fully saturated rings. The van der Waals surface area contributed by atoms with E-state index in [0.717, 1.165) is 35.8 Å². The number of methoxy groups -OCH3 is 1. The van der Waals surface area contributed by atoms with Gasteiger partial charge in [-0.1, -0.05) is 18.2 Å². The van der Waals surface area contributed by atoms with Crippen LogP contribution in [-0.2, 0) is 14.3 Å². The average molecular weight is 478 g/mol. The molecule has 0 aromatic heterocycles. The third kappa shape index (κ3) is 8.09. The van der Waals surface area contributed by atoms with Gasteiger partial charge >= 0.3 is 0 Å². The standard InChI is InChI=1S/C29H39N3O3/c1-22(12-16-34-4)35-17-13-29(2,3)31-28(33)26(21-30)19-23-8-9-25-20-27(11-10-24(25)18-23)32-14-6-5-7-15-32/h8-11,18-20,22H,5-7,12-17H2,1-4H3,(H,31,33)/b26-19+. The minimum atomic E-state index is -0.498. The fourth-order valence-corrected chi connectivity index (χ4v) is 4.33. The molecule has 35 heavy (non-hydrogen) atoms. The largest absolute Gasteiger partial charge is 0.385 e. The SMILES string of the molecule is COCCC(C)OCCC(C)(C)NC(=O)/C(C#N)=C/c1ccc2cc(N3CCCCC3)ccc2c1. The van der Waals surface area contributed by atoms with Crippen LogP contribution in [0.5, 0.6) is 0 Å². The van der Waals surface area contributed by atoms with Gasteiger partial charge in [-0.25, -0.2) is 0 Å². The Kier molecular flexibility index (Phi) is 9.71. The summed E-state index contributed by atoms with van der Waals surface area (Å²) >= 11 is 0. The summed E-state index contributed by atoms with van der Waals surface area (Å²) in [6.45, 7) is 9.31. The molecule has 6 heteroatoms. The number of fused-ring (bicyclic) bond motifs is 1. The molecule has 2 aromatic carbocycles. The number of ether oxygens (including phenoxy) is 2. The van der Waals surface area contributed by atoms with E-state index in [4.69, 9.17) is 9.47 Å². The van der Waals surface area contributed by atoms with E-state index in [9.17, 15) is 10.1 Å². The average Bonchev–Trinajstić information content (AvgIpc) is 2.85. The molecule has 1 amide bonds. The lowest BCUT2D eigenvalue weighted by atomic mass is 9.99. The van der Waals surface area contributed by atoms with Crippen LogP contribution in [0.4, 0.5) is 5.69 Å². The van der Waals surface area contributed by atoms with Crippen LogP contribution in [0, 0.1) is 11.3 Å². The summed E-state index contributed by atoms with van der Waals surface area (Å²) < 4.78 is 10.9. The summed E-state index contributed by atoms with van der Waals surface area (Å²) in [6, 6.07) is 14.6. The fourth-order valence-electron chi connectivity index (χ4n) is 4.33. The number of anilines is 1. The number of amides is 1. The predicted molar refractivity (Wildman–Crippen MR) is 142 cm³/mol. The second-order valence-corrected chi connectivity index (χ2v) is 10.1. The number of nitrogens with one attached hydrogen (secondary N) is 1. The van der Waals surface area contributed by atoms with Gasteiger partial charge in [0.05, 0.1) is 6.10 Å². The molecular formula is C29H39N3O3. The Morgan fingerprint density at radius 2 is 1.86 bits per heavy atom. The highest BCUT2D eigenvalue weighted by atomic mass is 16.5. The first-order valence-electron chi connectivity index (χ1n) is 12.6. The first-order chi connectivity index (χ1) is 16.8. The molecule has 1 aliphatic rings. The number of hydrogen-bond donors (Lipinski definition) is 1. The quantitative estimate of drug-likeness (QED) is 0.343. The highest BCUT2D eigenvalue weighted by Gasteiger charge is 2.23. The van der Waals surface area contributed by atoms with Crippen LogP contribution in [0.1, 0.15) is 58.4 Å². The van der Waals surface area contributed by atoms with E-state index in [0.29, 0.717) is 19.6 Å². The topological polar surface area (TPSA) is 74.6 Å². The molecule has 1 unspecified atom stereocenters. The molecule has 1 N–H and O–H groups in total. The summed E-state index contributed by atoms with van der Waals surface area (Å²) in [5.74, 6) is -0.370. The van der Waals surface area contributed by atoms with Crippen molar-refractivity contribution in [3.63, 3.8) is 0 Å². The van der Waals surface area contributed by atoms with Gasteiger partial charge in [0.1, 0.15) is 11.6 Å². The third-order valence-corrected chi connectivity index (χ3v) is 6.56. The van der Waals surface area contributed by atoms with E-state index in [2.05, 4.69) is 40.6 Å². The van der Waals surface area contributed by atoms with Gasteiger partial charge in [-0.2, -0.15) is 5.26 Å². The van der Waals surface area contributed by atoms with Crippen LogP contribution < -0.4 is 10.2 Å². The minimum absolute atomic E-state index is 0.0942. The Morgan fingerprint density at radius 3 is 2.57 bits per heavy atom. The van der Waals surface area contributed by atoms with Crippen LogP contribution >= 0.6 is 0 Å². The number of nitriles is 1. The number of rotatable bonds is 11. The lowest BCUT2D eigenvalue weighted by molar-refractivity contribution is -0.118. The van der Waals surface area contributed by atoms with E-state index in [-0.39, 0.29) is 17.6 Å². The Morgan fingerprint density at radius 1 is 1.14 bits per heavy atom. The van der Waals surface area contributed by atoms with E-state index in [1.54, 1.807) is 13.2 Å². The van der Waals surface area contributed by atoms with E-state index in [1.165, 1.54) is 24.9 Å². The predicted octanol–water partition coefficient (Wildman–Crippen LogP) is 5.46.